The summed E-state index contributed by atoms with van der Waals surface area (Å²) in [5.41, 5.74) is 0.931. The maximum absolute atomic E-state index is 11.7. The molecule has 0 heterocycles. The van der Waals surface area contributed by atoms with Crippen LogP contribution >= 0.6 is 11.6 Å². The average Bonchev–Trinajstić information content (AvgIpc) is 2.37. The molecule has 1 aromatic carbocycles. The Hall–Kier alpha value is -1.30. The van der Waals surface area contributed by atoms with Gasteiger partial charge in [0.2, 0.25) is 0 Å². The lowest BCUT2D eigenvalue weighted by Crippen LogP contribution is -2.42. The van der Waals surface area contributed by atoms with Crippen LogP contribution in [0.5, 0.6) is 0 Å². The van der Waals surface area contributed by atoms with Gasteiger partial charge in [-0.1, -0.05) is 23.7 Å². The fourth-order valence-corrected chi connectivity index (χ4v) is 1.57. The average molecular weight is 273 g/mol. The molecular weight excluding hydrogens is 256 g/mol. The Balaban J connectivity index is 2.45. The van der Waals surface area contributed by atoms with E-state index in [1.165, 1.54) is 4.90 Å². The van der Waals surface area contributed by atoms with E-state index in [9.17, 15) is 4.79 Å². The molecule has 3 N–H and O–H groups in total. The minimum atomic E-state index is -0.312. The lowest BCUT2D eigenvalue weighted by molar-refractivity contribution is 0.158. The summed E-state index contributed by atoms with van der Waals surface area (Å²) in [5, 5.41) is 21.0. The predicted molar refractivity (Wildman–Crippen MR) is 69.4 cm³/mol. The SMILES string of the molecule is O=C(NCc1ccc(Cl)cc1)N(CCO)CCO. The van der Waals surface area contributed by atoms with Gasteiger partial charge in [-0.15, -0.1) is 0 Å². The summed E-state index contributed by atoms with van der Waals surface area (Å²) < 4.78 is 0. The number of aliphatic hydroxyl groups excluding tert-OH is 2. The van der Waals surface area contributed by atoms with Crippen LogP contribution in [0.15, 0.2) is 24.3 Å². The molecule has 2 amide bonds. The summed E-state index contributed by atoms with van der Waals surface area (Å²) in [6, 6.07) is 6.84. The van der Waals surface area contributed by atoms with Crippen LogP contribution in [0.25, 0.3) is 0 Å². The van der Waals surface area contributed by atoms with Crippen molar-refractivity contribution in [2.24, 2.45) is 0 Å². The maximum atomic E-state index is 11.7. The molecule has 0 radical (unpaired) electrons. The van der Waals surface area contributed by atoms with Crippen molar-refractivity contribution in [3.05, 3.63) is 34.9 Å². The van der Waals surface area contributed by atoms with Gasteiger partial charge in [0, 0.05) is 24.7 Å². The van der Waals surface area contributed by atoms with Gasteiger partial charge >= 0.3 is 6.03 Å². The highest BCUT2D eigenvalue weighted by molar-refractivity contribution is 6.30. The summed E-state index contributed by atoms with van der Waals surface area (Å²) in [7, 11) is 0. The van der Waals surface area contributed by atoms with Gasteiger partial charge in [0.15, 0.2) is 0 Å². The van der Waals surface area contributed by atoms with E-state index in [4.69, 9.17) is 21.8 Å². The summed E-state index contributed by atoms with van der Waals surface area (Å²) in [5.74, 6) is 0. The Morgan fingerprint density at radius 2 is 1.72 bits per heavy atom. The number of benzene rings is 1. The molecule has 0 saturated heterocycles. The first-order chi connectivity index (χ1) is 8.67. The van der Waals surface area contributed by atoms with Crippen molar-refractivity contribution in [2.45, 2.75) is 6.54 Å². The molecule has 1 rings (SSSR count). The van der Waals surface area contributed by atoms with Crippen LogP contribution in [0.2, 0.25) is 5.02 Å². The number of rotatable bonds is 6. The Bertz CT molecular complexity index is 364. The van der Waals surface area contributed by atoms with Crippen molar-refractivity contribution in [1.29, 1.82) is 0 Å². The van der Waals surface area contributed by atoms with Crippen LogP contribution in [-0.2, 0) is 6.54 Å². The highest BCUT2D eigenvalue weighted by atomic mass is 35.5. The highest BCUT2D eigenvalue weighted by Gasteiger charge is 2.11. The number of urea groups is 1. The van der Waals surface area contributed by atoms with Crippen molar-refractivity contribution < 1.29 is 15.0 Å². The number of carbonyl (C=O) groups excluding carboxylic acids is 1. The Kier molecular flexibility index (Phi) is 6.49. The molecule has 0 fully saturated rings. The minimum Gasteiger partial charge on any atom is -0.395 e. The normalized spacial score (nSPS) is 10.2. The van der Waals surface area contributed by atoms with Crippen molar-refractivity contribution in [3.8, 4) is 0 Å². The fourth-order valence-electron chi connectivity index (χ4n) is 1.45. The predicted octanol–water partition coefficient (Wildman–Crippen LogP) is 0.836. The zero-order chi connectivity index (χ0) is 13.4. The third kappa shape index (κ3) is 4.91. The van der Waals surface area contributed by atoms with E-state index in [1.807, 2.05) is 12.1 Å². The summed E-state index contributed by atoms with van der Waals surface area (Å²) in [6.07, 6.45) is 0. The van der Waals surface area contributed by atoms with Crippen molar-refractivity contribution in [2.75, 3.05) is 26.3 Å². The molecule has 0 aliphatic carbocycles. The molecule has 0 unspecified atom stereocenters. The van der Waals surface area contributed by atoms with Gasteiger partial charge in [-0.25, -0.2) is 4.79 Å². The van der Waals surface area contributed by atoms with Crippen molar-refractivity contribution in [1.82, 2.24) is 10.2 Å². The molecule has 0 spiro atoms. The van der Waals surface area contributed by atoms with Crippen LogP contribution < -0.4 is 5.32 Å². The Morgan fingerprint density at radius 3 is 2.22 bits per heavy atom. The van der Waals surface area contributed by atoms with Crippen LogP contribution in [0, 0.1) is 0 Å². The van der Waals surface area contributed by atoms with Crippen LogP contribution in [0.4, 0.5) is 4.79 Å². The zero-order valence-electron chi connectivity index (χ0n) is 9.97. The second-order valence-electron chi connectivity index (χ2n) is 3.72. The topological polar surface area (TPSA) is 72.8 Å². The monoisotopic (exact) mass is 272 g/mol. The van der Waals surface area contributed by atoms with Crippen LogP contribution in [-0.4, -0.2) is 47.4 Å². The molecule has 0 aliphatic heterocycles. The first-order valence-electron chi connectivity index (χ1n) is 5.66. The molecule has 0 atom stereocenters. The van der Waals surface area contributed by atoms with Gasteiger partial charge in [0.05, 0.1) is 13.2 Å². The quantitative estimate of drug-likeness (QED) is 0.718. The Labute approximate surface area is 111 Å². The molecular formula is C12H17ClN2O3. The van der Waals surface area contributed by atoms with E-state index in [0.717, 1.165) is 5.56 Å². The first kappa shape index (κ1) is 14.8. The molecule has 0 aromatic heterocycles. The van der Waals surface area contributed by atoms with Gasteiger partial charge in [0.1, 0.15) is 0 Å². The maximum Gasteiger partial charge on any atom is 0.317 e. The third-order valence-electron chi connectivity index (χ3n) is 2.38. The molecule has 0 saturated carbocycles. The Morgan fingerprint density at radius 1 is 1.17 bits per heavy atom. The number of halogens is 1. The standard InChI is InChI=1S/C12H17ClN2O3/c13-11-3-1-10(2-4-11)9-14-12(18)15(5-7-16)6-8-17/h1-4,16-17H,5-9H2,(H,14,18). The summed E-state index contributed by atoms with van der Waals surface area (Å²) in [6.45, 7) is 0.520. The second-order valence-corrected chi connectivity index (χ2v) is 4.16. The molecule has 5 nitrogen and oxygen atoms in total. The smallest absolute Gasteiger partial charge is 0.317 e. The van der Waals surface area contributed by atoms with Crippen molar-refractivity contribution >= 4 is 17.6 Å². The fraction of sp³-hybridized carbons (Fsp3) is 0.417. The van der Waals surface area contributed by atoms with E-state index < -0.39 is 0 Å². The number of nitrogens with one attached hydrogen (secondary N) is 1. The van der Waals surface area contributed by atoms with E-state index in [1.54, 1.807) is 12.1 Å². The third-order valence-corrected chi connectivity index (χ3v) is 2.64. The zero-order valence-corrected chi connectivity index (χ0v) is 10.7. The minimum absolute atomic E-state index is 0.131. The molecule has 1 aromatic rings. The van der Waals surface area contributed by atoms with Gasteiger partial charge in [-0.05, 0) is 17.7 Å². The number of carbonyl (C=O) groups is 1. The molecule has 6 heteroatoms. The number of amides is 2. The van der Waals surface area contributed by atoms with Gasteiger partial charge < -0.3 is 20.4 Å². The largest absolute Gasteiger partial charge is 0.395 e. The number of hydrogen-bond donors (Lipinski definition) is 3. The number of hydrogen-bond acceptors (Lipinski definition) is 3. The lowest BCUT2D eigenvalue weighted by Gasteiger charge is -2.21. The molecule has 0 aliphatic rings. The number of aliphatic hydroxyl groups is 2. The lowest BCUT2D eigenvalue weighted by atomic mass is 10.2. The molecule has 18 heavy (non-hydrogen) atoms. The van der Waals surface area contributed by atoms with E-state index in [-0.39, 0.29) is 32.3 Å². The van der Waals surface area contributed by atoms with E-state index in [0.29, 0.717) is 11.6 Å². The molecule has 100 valence electrons. The first-order valence-corrected chi connectivity index (χ1v) is 6.04. The van der Waals surface area contributed by atoms with Gasteiger partial charge in [0.25, 0.3) is 0 Å². The van der Waals surface area contributed by atoms with Crippen LogP contribution in [0.1, 0.15) is 5.56 Å². The second kappa shape index (κ2) is 7.92. The van der Waals surface area contributed by atoms with Gasteiger partial charge in [-0.3, -0.25) is 0 Å². The van der Waals surface area contributed by atoms with Crippen molar-refractivity contribution in [3.63, 3.8) is 0 Å². The number of nitrogens with zero attached hydrogens (tertiary/aromatic N) is 1. The highest BCUT2D eigenvalue weighted by Crippen LogP contribution is 2.09. The van der Waals surface area contributed by atoms with E-state index >= 15 is 0 Å². The van der Waals surface area contributed by atoms with E-state index in [2.05, 4.69) is 5.32 Å². The molecule has 0 bridgehead atoms. The van der Waals surface area contributed by atoms with Crippen LogP contribution in [0.3, 0.4) is 0 Å². The summed E-state index contributed by atoms with van der Waals surface area (Å²) in [4.78, 5) is 13.1. The van der Waals surface area contributed by atoms with Gasteiger partial charge in [-0.2, -0.15) is 0 Å². The summed E-state index contributed by atoms with van der Waals surface area (Å²) >= 11 is 5.76.